The molecule has 17 heavy (non-hydrogen) atoms. The van der Waals surface area contributed by atoms with Gasteiger partial charge in [0, 0.05) is 24.5 Å². The second-order valence-corrected chi connectivity index (χ2v) is 6.13. The Hall–Kier alpha value is -0.610. The summed E-state index contributed by atoms with van der Waals surface area (Å²) in [7, 11) is 0. The first-order valence-corrected chi connectivity index (χ1v) is 7.48. The Morgan fingerprint density at radius 3 is 2.35 bits per heavy atom. The van der Waals surface area contributed by atoms with Gasteiger partial charge in [0.2, 0.25) is 0 Å². The van der Waals surface area contributed by atoms with Gasteiger partial charge in [-0.2, -0.15) is 0 Å². The van der Waals surface area contributed by atoms with Crippen molar-refractivity contribution in [3.05, 3.63) is 10.6 Å². The van der Waals surface area contributed by atoms with Crippen molar-refractivity contribution in [1.82, 2.24) is 4.98 Å². The number of hydrogen-bond acceptors (Lipinski definition) is 4. The minimum Gasteiger partial charge on any atom is -0.348 e. The maximum absolute atomic E-state index is 5.81. The first-order chi connectivity index (χ1) is 8.22. The van der Waals surface area contributed by atoms with Crippen LogP contribution in [0.3, 0.4) is 0 Å². The van der Waals surface area contributed by atoms with Gasteiger partial charge in [-0.1, -0.05) is 26.7 Å². The van der Waals surface area contributed by atoms with Gasteiger partial charge in [-0.05, 0) is 18.8 Å². The summed E-state index contributed by atoms with van der Waals surface area (Å²) in [6.45, 7) is 7.34. The van der Waals surface area contributed by atoms with Crippen molar-refractivity contribution in [3.8, 4) is 0 Å². The van der Waals surface area contributed by atoms with Crippen LogP contribution in [-0.2, 0) is 6.54 Å². The van der Waals surface area contributed by atoms with Crippen molar-refractivity contribution in [3.63, 3.8) is 0 Å². The topological polar surface area (TPSA) is 42.2 Å². The summed E-state index contributed by atoms with van der Waals surface area (Å²) in [6.07, 6.45) is 5.33. The molecular weight excluding hydrogens is 230 g/mol. The zero-order valence-electron chi connectivity index (χ0n) is 10.9. The molecule has 0 unspecified atom stereocenters. The first kappa shape index (κ1) is 12.8. The van der Waals surface area contributed by atoms with Crippen molar-refractivity contribution < 1.29 is 0 Å². The third-order valence-electron chi connectivity index (χ3n) is 3.33. The minimum atomic E-state index is 0.477. The zero-order valence-corrected chi connectivity index (χ0v) is 11.7. The lowest BCUT2D eigenvalue weighted by molar-refractivity contribution is 0.726. The highest BCUT2D eigenvalue weighted by Crippen LogP contribution is 2.31. The van der Waals surface area contributed by atoms with Crippen LogP contribution in [0, 0.1) is 0 Å². The summed E-state index contributed by atoms with van der Waals surface area (Å²) in [4.78, 5) is 8.52. The van der Waals surface area contributed by atoms with Crippen LogP contribution in [-0.4, -0.2) is 18.1 Å². The smallest absolute Gasteiger partial charge is 0.185 e. The third-order valence-corrected chi connectivity index (χ3v) is 4.48. The van der Waals surface area contributed by atoms with E-state index in [1.165, 1.54) is 41.4 Å². The zero-order chi connectivity index (χ0) is 12.3. The number of aromatic nitrogens is 1. The van der Waals surface area contributed by atoms with Crippen LogP contribution in [0.15, 0.2) is 0 Å². The fourth-order valence-electron chi connectivity index (χ4n) is 2.35. The van der Waals surface area contributed by atoms with E-state index in [-0.39, 0.29) is 0 Å². The predicted octanol–water partition coefficient (Wildman–Crippen LogP) is 3.11. The molecule has 1 aliphatic rings. The second-order valence-electron chi connectivity index (χ2n) is 5.06. The van der Waals surface area contributed by atoms with Gasteiger partial charge >= 0.3 is 0 Å². The average Bonchev–Trinajstić information content (AvgIpc) is 2.57. The molecule has 2 rings (SSSR count). The Bertz CT molecular complexity index is 352. The maximum atomic E-state index is 5.81. The van der Waals surface area contributed by atoms with E-state index in [4.69, 9.17) is 10.7 Å². The van der Waals surface area contributed by atoms with Crippen LogP contribution >= 0.6 is 11.3 Å². The van der Waals surface area contributed by atoms with E-state index in [1.54, 1.807) is 11.3 Å². The Balaban J connectivity index is 2.19. The first-order valence-electron chi connectivity index (χ1n) is 6.67. The molecule has 0 aromatic carbocycles. The van der Waals surface area contributed by atoms with Gasteiger partial charge in [-0.15, -0.1) is 11.3 Å². The molecule has 1 aromatic heterocycles. The van der Waals surface area contributed by atoms with Gasteiger partial charge in [0.1, 0.15) is 0 Å². The number of thiazole rings is 1. The van der Waals surface area contributed by atoms with Crippen LogP contribution in [0.5, 0.6) is 0 Å². The van der Waals surface area contributed by atoms with Crippen LogP contribution in [0.25, 0.3) is 0 Å². The molecule has 0 atom stereocenters. The average molecular weight is 253 g/mol. The second kappa shape index (κ2) is 5.83. The van der Waals surface area contributed by atoms with Gasteiger partial charge < -0.3 is 10.6 Å². The Kier molecular flexibility index (Phi) is 4.40. The highest BCUT2D eigenvalue weighted by Gasteiger charge is 2.18. The summed E-state index contributed by atoms with van der Waals surface area (Å²) in [5, 5.41) is 1.19. The predicted molar refractivity (Wildman–Crippen MR) is 74.8 cm³/mol. The largest absolute Gasteiger partial charge is 0.348 e. The molecule has 4 heteroatoms. The maximum Gasteiger partial charge on any atom is 0.185 e. The minimum absolute atomic E-state index is 0.477. The van der Waals surface area contributed by atoms with Crippen molar-refractivity contribution >= 4 is 16.5 Å². The number of hydrogen-bond donors (Lipinski definition) is 1. The summed E-state index contributed by atoms with van der Waals surface area (Å²) < 4.78 is 0. The number of rotatable bonds is 3. The Labute approximate surface area is 108 Å². The molecule has 0 bridgehead atoms. The fourth-order valence-corrected chi connectivity index (χ4v) is 3.49. The lowest BCUT2D eigenvalue weighted by atomic mass is 10.1. The molecule has 96 valence electrons. The van der Waals surface area contributed by atoms with E-state index < -0.39 is 0 Å². The molecule has 0 amide bonds. The monoisotopic (exact) mass is 253 g/mol. The molecule has 1 aliphatic heterocycles. The molecule has 0 saturated carbocycles. The van der Waals surface area contributed by atoms with Gasteiger partial charge in [-0.25, -0.2) is 4.98 Å². The van der Waals surface area contributed by atoms with Crippen molar-refractivity contribution in [2.24, 2.45) is 5.73 Å². The summed E-state index contributed by atoms with van der Waals surface area (Å²) in [6, 6.07) is 0. The molecule has 1 aromatic rings. The molecule has 0 radical (unpaired) electrons. The summed E-state index contributed by atoms with van der Waals surface area (Å²) in [5.41, 5.74) is 7.02. The Morgan fingerprint density at radius 1 is 1.24 bits per heavy atom. The van der Waals surface area contributed by atoms with E-state index in [1.807, 2.05) is 0 Å². The van der Waals surface area contributed by atoms with E-state index in [0.717, 1.165) is 13.1 Å². The Morgan fingerprint density at radius 2 is 1.88 bits per heavy atom. The van der Waals surface area contributed by atoms with Gasteiger partial charge in [-0.3, -0.25) is 0 Å². The number of nitrogens with zero attached hydrogens (tertiary/aromatic N) is 2. The van der Waals surface area contributed by atoms with E-state index in [0.29, 0.717) is 12.5 Å². The SMILES string of the molecule is CC(C)c1nc(N2CCCCCC2)sc1CN. The number of nitrogens with two attached hydrogens (primary N) is 1. The standard InChI is InChI=1S/C13H23N3S/c1-10(2)12-11(9-14)17-13(15-12)16-7-5-3-4-6-8-16/h10H,3-9,14H2,1-2H3. The van der Waals surface area contributed by atoms with Crippen molar-refractivity contribution in [2.75, 3.05) is 18.0 Å². The van der Waals surface area contributed by atoms with E-state index >= 15 is 0 Å². The highest BCUT2D eigenvalue weighted by molar-refractivity contribution is 7.15. The molecule has 0 aliphatic carbocycles. The molecule has 2 heterocycles. The lowest BCUT2D eigenvalue weighted by Crippen LogP contribution is -2.23. The van der Waals surface area contributed by atoms with Gasteiger partial charge in [0.15, 0.2) is 5.13 Å². The fraction of sp³-hybridized carbons (Fsp3) is 0.769. The highest BCUT2D eigenvalue weighted by atomic mass is 32.1. The van der Waals surface area contributed by atoms with Crippen molar-refractivity contribution in [2.45, 2.75) is 52.0 Å². The summed E-state index contributed by atoms with van der Waals surface area (Å²) in [5.74, 6) is 0.477. The normalized spacial score (nSPS) is 17.5. The van der Waals surface area contributed by atoms with Crippen LogP contribution in [0.1, 0.15) is 56.0 Å². The van der Waals surface area contributed by atoms with Crippen molar-refractivity contribution in [1.29, 1.82) is 0 Å². The van der Waals surface area contributed by atoms with Crippen LogP contribution in [0.4, 0.5) is 5.13 Å². The molecular formula is C13H23N3S. The third kappa shape index (κ3) is 2.99. The van der Waals surface area contributed by atoms with Gasteiger partial charge in [0.05, 0.1) is 5.69 Å². The molecule has 2 N–H and O–H groups in total. The van der Waals surface area contributed by atoms with Crippen LogP contribution < -0.4 is 10.6 Å². The van der Waals surface area contributed by atoms with E-state index in [2.05, 4.69) is 18.7 Å². The molecule has 1 fully saturated rings. The van der Waals surface area contributed by atoms with Gasteiger partial charge in [0.25, 0.3) is 0 Å². The summed E-state index contributed by atoms with van der Waals surface area (Å²) >= 11 is 1.79. The van der Waals surface area contributed by atoms with Crippen LogP contribution in [0.2, 0.25) is 0 Å². The quantitative estimate of drug-likeness (QED) is 0.900. The molecule has 3 nitrogen and oxygen atoms in total. The van der Waals surface area contributed by atoms with E-state index in [9.17, 15) is 0 Å². The molecule has 1 saturated heterocycles. The molecule has 0 spiro atoms. The lowest BCUT2D eigenvalue weighted by Gasteiger charge is -2.18. The number of anilines is 1.